The predicted molar refractivity (Wildman–Crippen MR) is 87.1 cm³/mol. The Balaban J connectivity index is 1.80. The predicted octanol–water partition coefficient (Wildman–Crippen LogP) is 2.99. The first-order valence-corrected chi connectivity index (χ1v) is 8.12. The number of aryl methyl sites for hydroxylation is 1. The van der Waals surface area contributed by atoms with Gasteiger partial charge in [-0.3, -0.25) is 9.69 Å². The molecule has 1 saturated heterocycles. The molecule has 0 unspecified atom stereocenters. The summed E-state index contributed by atoms with van der Waals surface area (Å²) in [5.74, 6) is -0.726. The van der Waals surface area contributed by atoms with Gasteiger partial charge in [0.25, 0.3) is 0 Å². The standard InChI is InChI=1S/C16H18BrN3O2/c1-11-12(9-19-8-2-3-15(19)16(21)22)10-20(18-11)14-6-4-13(17)5-7-14/h4-7,10,15H,2-3,8-9H2,1H3,(H,21,22)/t15-/m1/s1. The van der Waals surface area contributed by atoms with Crippen LogP contribution < -0.4 is 0 Å². The van der Waals surface area contributed by atoms with E-state index in [4.69, 9.17) is 0 Å². The Bertz CT molecular complexity index is 681. The highest BCUT2D eigenvalue weighted by Crippen LogP contribution is 2.22. The van der Waals surface area contributed by atoms with E-state index in [-0.39, 0.29) is 6.04 Å². The molecule has 1 aliphatic heterocycles. The van der Waals surface area contributed by atoms with Gasteiger partial charge < -0.3 is 5.11 Å². The summed E-state index contributed by atoms with van der Waals surface area (Å²) in [5.41, 5.74) is 3.02. The second kappa shape index (κ2) is 6.22. The Labute approximate surface area is 137 Å². The Hall–Kier alpha value is -1.66. The zero-order valence-corrected chi connectivity index (χ0v) is 14.0. The summed E-state index contributed by atoms with van der Waals surface area (Å²) in [5, 5.41) is 13.8. The highest BCUT2D eigenvalue weighted by atomic mass is 79.9. The van der Waals surface area contributed by atoms with Gasteiger partial charge in [-0.2, -0.15) is 5.10 Å². The molecule has 0 spiro atoms. The molecule has 2 heterocycles. The first kappa shape index (κ1) is 15.2. The van der Waals surface area contributed by atoms with E-state index < -0.39 is 5.97 Å². The van der Waals surface area contributed by atoms with E-state index >= 15 is 0 Å². The minimum Gasteiger partial charge on any atom is -0.480 e. The Kier molecular flexibility index (Phi) is 4.31. The van der Waals surface area contributed by atoms with Crippen molar-refractivity contribution in [3.8, 4) is 5.69 Å². The smallest absolute Gasteiger partial charge is 0.320 e. The second-order valence-electron chi connectivity index (χ2n) is 5.63. The zero-order chi connectivity index (χ0) is 15.7. The molecule has 1 aliphatic rings. The fraction of sp³-hybridized carbons (Fsp3) is 0.375. The molecular weight excluding hydrogens is 346 g/mol. The third-order valence-corrected chi connectivity index (χ3v) is 4.64. The molecule has 1 aromatic carbocycles. The quantitative estimate of drug-likeness (QED) is 0.906. The monoisotopic (exact) mass is 363 g/mol. The lowest BCUT2D eigenvalue weighted by Crippen LogP contribution is -2.35. The van der Waals surface area contributed by atoms with Crippen LogP contribution in [0.25, 0.3) is 5.69 Å². The average Bonchev–Trinajstić information content (AvgIpc) is 3.08. The van der Waals surface area contributed by atoms with Crippen LogP contribution in [0.15, 0.2) is 34.9 Å². The van der Waals surface area contributed by atoms with Crippen LogP contribution >= 0.6 is 15.9 Å². The Morgan fingerprint density at radius 3 is 2.82 bits per heavy atom. The number of carbonyl (C=O) groups is 1. The number of aromatic nitrogens is 2. The molecule has 3 rings (SSSR count). The molecule has 6 heteroatoms. The lowest BCUT2D eigenvalue weighted by Gasteiger charge is -2.20. The van der Waals surface area contributed by atoms with Gasteiger partial charge in [-0.1, -0.05) is 15.9 Å². The first-order chi connectivity index (χ1) is 10.5. The SMILES string of the molecule is Cc1nn(-c2ccc(Br)cc2)cc1CN1CCC[C@@H]1C(=O)O. The number of carboxylic acid groups (broad SMARTS) is 1. The van der Waals surface area contributed by atoms with E-state index in [2.05, 4.69) is 21.0 Å². The highest BCUT2D eigenvalue weighted by molar-refractivity contribution is 9.10. The van der Waals surface area contributed by atoms with Gasteiger partial charge in [-0.05, 0) is 50.6 Å². The molecule has 22 heavy (non-hydrogen) atoms. The summed E-state index contributed by atoms with van der Waals surface area (Å²) in [6, 6.07) is 7.59. The Morgan fingerprint density at radius 1 is 1.41 bits per heavy atom. The largest absolute Gasteiger partial charge is 0.480 e. The van der Waals surface area contributed by atoms with Gasteiger partial charge in [0.15, 0.2) is 0 Å². The van der Waals surface area contributed by atoms with Crippen molar-refractivity contribution in [1.82, 2.24) is 14.7 Å². The molecule has 1 N–H and O–H groups in total. The molecule has 0 saturated carbocycles. The van der Waals surface area contributed by atoms with Crippen molar-refractivity contribution >= 4 is 21.9 Å². The zero-order valence-electron chi connectivity index (χ0n) is 12.4. The van der Waals surface area contributed by atoms with Gasteiger partial charge in [0.2, 0.25) is 0 Å². The van der Waals surface area contributed by atoms with Crippen molar-refractivity contribution in [2.75, 3.05) is 6.54 Å². The van der Waals surface area contributed by atoms with Gasteiger partial charge in [0.05, 0.1) is 11.4 Å². The van der Waals surface area contributed by atoms with Gasteiger partial charge >= 0.3 is 5.97 Å². The second-order valence-corrected chi connectivity index (χ2v) is 6.54. The third kappa shape index (κ3) is 3.08. The van der Waals surface area contributed by atoms with Crippen LogP contribution in [-0.4, -0.2) is 38.3 Å². The van der Waals surface area contributed by atoms with Crippen LogP contribution in [0.2, 0.25) is 0 Å². The van der Waals surface area contributed by atoms with Gasteiger partial charge in [-0.25, -0.2) is 4.68 Å². The van der Waals surface area contributed by atoms with Gasteiger partial charge in [0.1, 0.15) is 6.04 Å². The number of carboxylic acids is 1. The summed E-state index contributed by atoms with van der Waals surface area (Å²) in [6.45, 7) is 3.44. The van der Waals surface area contributed by atoms with Crippen LogP contribution in [0.5, 0.6) is 0 Å². The lowest BCUT2D eigenvalue weighted by atomic mass is 10.2. The Morgan fingerprint density at radius 2 is 2.14 bits per heavy atom. The molecule has 0 radical (unpaired) electrons. The van der Waals surface area contributed by atoms with E-state index in [0.717, 1.165) is 40.8 Å². The van der Waals surface area contributed by atoms with Crippen molar-refractivity contribution in [2.24, 2.45) is 0 Å². The summed E-state index contributed by atoms with van der Waals surface area (Å²) in [4.78, 5) is 13.3. The van der Waals surface area contributed by atoms with E-state index in [1.807, 2.05) is 47.0 Å². The maximum Gasteiger partial charge on any atom is 0.320 e. The first-order valence-electron chi connectivity index (χ1n) is 7.32. The molecule has 0 amide bonds. The van der Waals surface area contributed by atoms with E-state index in [1.165, 1.54) is 0 Å². The normalized spacial score (nSPS) is 18.7. The third-order valence-electron chi connectivity index (χ3n) is 4.11. The fourth-order valence-electron chi connectivity index (χ4n) is 2.89. The number of rotatable bonds is 4. The van der Waals surface area contributed by atoms with Gasteiger partial charge in [0, 0.05) is 22.8 Å². The summed E-state index contributed by atoms with van der Waals surface area (Å²) >= 11 is 3.42. The van der Waals surface area contributed by atoms with Crippen LogP contribution in [0.1, 0.15) is 24.1 Å². The molecule has 5 nitrogen and oxygen atoms in total. The summed E-state index contributed by atoms with van der Waals surface area (Å²) in [6.07, 6.45) is 3.67. The number of benzene rings is 1. The highest BCUT2D eigenvalue weighted by Gasteiger charge is 2.30. The molecule has 0 aliphatic carbocycles. The molecule has 1 atom stereocenters. The van der Waals surface area contributed by atoms with Crippen LogP contribution in [0.3, 0.4) is 0 Å². The number of nitrogens with zero attached hydrogens (tertiary/aromatic N) is 3. The number of halogens is 1. The summed E-state index contributed by atoms with van der Waals surface area (Å²) < 4.78 is 2.88. The number of aliphatic carboxylic acids is 1. The van der Waals surface area contributed by atoms with Crippen molar-refractivity contribution < 1.29 is 9.90 Å². The number of likely N-dealkylation sites (tertiary alicyclic amines) is 1. The van der Waals surface area contributed by atoms with E-state index in [0.29, 0.717) is 6.54 Å². The van der Waals surface area contributed by atoms with Gasteiger partial charge in [-0.15, -0.1) is 0 Å². The topological polar surface area (TPSA) is 58.4 Å². The minimum absolute atomic E-state index is 0.365. The molecule has 1 fully saturated rings. The van der Waals surface area contributed by atoms with E-state index in [1.54, 1.807) is 0 Å². The average molecular weight is 364 g/mol. The molecule has 2 aromatic rings. The molecular formula is C16H18BrN3O2. The molecule has 1 aromatic heterocycles. The van der Waals surface area contributed by atoms with Crippen LogP contribution in [0, 0.1) is 6.92 Å². The molecule has 0 bridgehead atoms. The summed E-state index contributed by atoms with van der Waals surface area (Å²) in [7, 11) is 0. The maximum absolute atomic E-state index is 11.3. The lowest BCUT2D eigenvalue weighted by molar-refractivity contribution is -0.142. The maximum atomic E-state index is 11.3. The fourth-order valence-corrected chi connectivity index (χ4v) is 3.16. The van der Waals surface area contributed by atoms with E-state index in [9.17, 15) is 9.90 Å². The minimum atomic E-state index is -0.726. The van der Waals surface area contributed by atoms with Crippen molar-refractivity contribution in [2.45, 2.75) is 32.4 Å². The van der Waals surface area contributed by atoms with Crippen molar-refractivity contribution in [3.05, 3.63) is 46.2 Å². The molecule has 116 valence electrons. The van der Waals surface area contributed by atoms with Crippen LogP contribution in [-0.2, 0) is 11.3 Å². The van der Waals surface area contributed by atoms with Crippen LogP contribution in [0.4, 0.5) is 0 Å². The van der Waals surface area contributed by atoms with Crippen molar-refractivity contribution in [3.63, 3.8) is 0 Å². The van der Waals surface area contributed by atoms with Crippen molar-refractivity contribution in [1.29, 1.82) is 0 Å². The number of hydrogen-bond acceptors (Lipinski definition) is 3. The number of hydrogen-bond donors (Lipinski definition) is 1.